The summed E-state index contributed by atoms with van der Waals surface area (Å²) < 4.78 is 0. The van der Waals surface area contributed by atoms with E-state index in [2.05, 4.69) is 16.3 Å². The van der Waals surface area contributed by atoms with E-state index in [9.17, 15) is 0 Å². The van der Waals surface area contributed by atoms with Crippen LogP contribution in [0.1, 0.15) is 5.56 Å². The van der Waals surface area contributed by atoms with E-state index >= 15 is 0 Å². The van der Waals surface area contributed by atoms with E-state index in [0.29, 0.717) is 0 Å². The molecule has 3 nitrogen and oxygen atoms in total. The second kappa shape index (κ2) is 2.70. The first kappa shape index (κ1) is 6.91. The highest BCUT2D eigenvalue weighted by molar-refractivity contribution is 5.98. The molecule has 1 radical (unpaired) electrons. The molecule has 0 fully saturated rings. The summed E-state index contributed by atoms with van der Waals surface area (Å²) in [5.41, 5.74) is 1.76. The van der Waals surface area contributed by atoms with Crippen LogP contribution in [0, 0.1) is 6.20 Å². The Bertz CT molecular complexity index is 417. The number of para-hydroxylation sites is 1. The molecule has 2 N–H and O–H groups in total. The highest BCUT2D eigenvalue weighted by atomic mass is 16.4. The van der Waals surface area contributed by atoms with Crippen molar-refractivity contribution in [2.75, 3.05) is 0 Å². The fraction of sp³-hybridized carbons (Fsp3) is 0. The third kappa shape index (κ3) is 0.955. The predicted octanol–water partition coefficient (Wildman–Crippen LogP) is 1.78. The summed E-state index contributed by atoms with van der Waals surface area (Å²) in [6.07, 6.45) is 4.24. The van der Waals surface area contributed by atoms with Gasteiger partial charge in [-0.15, -0.1) is 0 Å². The molecule has 0 aliphatic heterocycles. The van der Waals surface area contributed by atoms with Crippen molar-refractivity contribution in [2.24, 2.45) is 5.16 Å². The zero-order valence-corrected chi connectivity index (χ0v) is 6.28. The molecule has 59 valence electrons. The summed E-state index contributed by atoms with van der Waals surface area (Å²) in [6.45, 7) is 0. The van der Waals surface area contributed by atoms with Gasteiger partial charge < -0.3 is 10.2 Å². The maximum atomic E-state index is 8.33. The quantitative estimate of drug-likeness (QED) is 0.372. The van der Waals surface area contributed by atoms with Crippen molar-refractivity contribution in [3.8, 4) is 0 Å². The highest BCUT2D eigenvalue weighted by Crippen LogP contribution is 2.14. The first-order valence-corrected chi connectivity index (χ1v) is 3.57. The van der Waals surface area contributed by atoms with E-state index in [1.165, 1.54) is 6.21 Å². The number of H-pyrrole nitrogens is 1. The Balaban J connectivity index is 2.70. The Labute approximate surface area is 69.3 Å². The smallest absolute Gasteiger partial charge is 0.0762 e. The number of nitrogens with zero attached hydrogens (tertiary/aromatic N) is 1. The van der Waals surface area contributed by atoms with Gasteiger partial charge in [0.1, 0.15) is 0 Å². The van der Waals surface area contributed by atoms with Gasteiger partial charge in [0.05, 0.1) is 12.4 Å². The standard InChI is InChI=1S/C9H7N2O/c12-11-6-7-5-10-9-4-2-1-3-8(7)9/h1-4,6,10,12H. The van der Waals surface area contributed by atoms with E-state index in [-0.39, 0.29) is 0 Å². The summed E-state index contributed by atoms with van der Waals surface area (Å²) in [5, 5.41) is 12.3. The highest BCUT2D eigenvalue weighted by Gasteiger charge is 1.99. The average Bonchev–Trinajstić information content (AvgIpc) is 2.50. The molecule has 12 heavy (non-hydrogen) atoms. The van der Waals surface area contributed by atoms with Gasteiger partial charge in [-0.05, 0) is 6.07 Å². The fourth-order valence-electron chi connectivity index (χ4n) is 1.19. The van der Waals surface area contributed by atoms with Crippen LogP contribution in [-0.4, -0.2) is 16.4 Å². The van der Waals surface area contributed by atoms with E-state index < -0.39 is 0 Å². The molecule has 0 spiro atoms. The van der Waals surface area contributed by atoms with E-state index in [1.54, 1.807) is 0 Å². The van der Waals surface area contributed by atoms with Gasteiger partial charge in [-0.2, -0.15) is 0 Å². The molecule has 2 rings (SSSR count). The normalized spacial score (nSPS) is 11.3. The van der Waals surface area contributed by atoms with Gasteiger partial charge >= 0.3 is 0 Å². The van der Waals surface area contributed by atoms with Crippen molar-refractivity contribution in [3.63, 3.8) is 0 Å². The van der Waals surface area contributed by atoms with Crippen LogP contribution in [0.25, 0.3) is 10.9 Å². The average molecular weight is 159 g/mol. The summed E-state index contributed by atoms with van der Waals surface area (Å²) in [5.74, 6) is 0. The van der Waals surface area contributed by atoms with Crippen LogP contribution in [0.5, 0.6) is 0 Å². The Kier molecular flexibility index (Phi) is 1.55. The minimum Gasteiger partial charge on any atom is -0.411 e. The van der Waals surface area contributed by atoms with Crippen LogP contribution in [-0.2, 0) is 0 Å². The number of aromatic amines is 1. The molecule has 0 unspecified atom stereocenters. The Hall–Kier alpha value is -1.77. The largest absolute Gasteiger partial charge is 0.411 e. The second-order valence-corrected chi connectivity index (χ2v) is 2.45. The Morgan fingerprint density at radius 1 is 1.42 bits per heavy atom. The van der Waals surface area contributed by atoms with Crippen LogP contribution in [0.4, 0.5) is 0 Å². The molecule has 0 bridgehead atoms. The lowest BCUT2D eigenvalue weighted by Crippen LogP contribution is -1.75. The number of oxime groups is 1. The van der Waals surface area contributed by atoms with Gasteiger partial charge in [0.25, 0.3) is 0 Å². The number of hydrogen-bond acceptors (Lipinski definition) is 2. The van der Waals surface area contributed by atoms with Crippen molar-refractivity contribution < 1.29 is 5.21 Å². The molecule has 0 atom stereocenters. The number of benzene rings is 1. The van der Waals surface area contributed by atoms with Crippen LogP contribution < -0.4 is 0 Å². The molecule has 3 heteroatoms. The molecule has 0 saturated carbocycles. The Morgan fingerprint density at radius 2 is 2.25 bits per heavy atom. The lowest BCUT2D eigenvalue weighted by molar-refractivity contribution is 0.322. The van der Waals surface area contributed by atoms with Crippen LogP contribution in [0.2, 0.25) is 0 Å². The van der Waals surface area contributed by atoms with Crippen molar-refractivity contribution in [2.45, 2.75) is 0 Å². The van der Waals surface area contributed by atoms with Gasteiger partial charge in [-0.3, -0.25) is 0 Å². The lowest BCUT2D eigenvalue weighted by atomic mass is 10.2. The SMILES string of the molecule is ON=Cc1[c][nH]c2ccccc12. The minimum atomic E-state index is 0.771. The molecule has 0 aliphatic rings. The van der Waals surface area contributed by atoms with E-state index in [1.807, 2.05) is 24.3 Å². The molecule has 2 aromatic rings. The van der Waals surface area contributed by atoms with Gasteiger partial charge in [0.2, 0.25) is 0 Å². The number of nitrogens with one attached hydrogen (secondary N) is 1. The topological polar surface area (TPSA) is 48.4 Å². The van der Waals surface area contributed by atoms with Gasteiger partial charge in [0, 0.05) is 16.5 Å². The maximum absolute atomic E-state index is 8.33. The van der Waals surface area contributed by atoms with Crippen molar-refractivity contribution >= 4 is 17.1 Å². The molecule has 0 aliphatic carbocycles. The van der Waals surface area contributed by atoms with Crippen LogP contribution in [0.15, 0.2) is 29.4 Å². The van der Waals surface area contributed by atoms with Gasteiger partial charge in [0.15, 0.2) is 0 Å². The van der Waals surface area contributed by atoms with E-state index in [4.69, 9.17) is 5.21 Å². The lowest BCUT2D eigenvalue weighted by Gasteiger charge is -1.87. The summed E-state index contributed by atoms with van der Waals surface area (Å²) in [4.78, 5) is 2.95. The van der Waals surface area contributed by atoms with Gasteiger partial charge in [-0.1, -0.05) is 23.4 Å². The monoisotopic (exact) mass is 159 g/mol. The second-order valence-electron chi connectivity index (χ2n) is 2.45. The van der Waals surface area contributed by atoms with Crippen molar-refractivity contribution in [3.05, 3.63) is 36.0 Å². The molecular formula is C9H7N2O. The molecule has 0 saturated heterocycles. The number of aromatic nitrogens is 1. The molecule has 0 amide bonds. The number of rotatable bonds is 1. The first-order valence-electron chi connectivity index (χ1n) is 3.57. The van der Waals surface area contributed by atoms with Crippen molar-refractivity contribution in [1.82, 2.24) is 4.98 Å². The predicted molar refractivity (Wildman–Crippen MR) is 46.5 cm³/mol. The zero-order valence-electron chi connectivity index (χ0n) is 6.28. The third-order valence-corrected chi connectivity index (χ3v) is 1.74. The number of hydrogen-bond donors (Lipinski definition) is 2. The summed E-state index contributed by atoms with van der Waals surface area (Å²) >= 11 is 0. The summed E-state index contributed by atoms with van der Waals surface area (Å²) in [7, 11) is 0. The molecule has 1 aromatic carbocycles. The zero-order chi connectivity index (χ0) is 8.39. The summed E-state index contributed by atoms with van der Waals surface area (Å²) in [6, 6.07) is 7.76. The van der Waals surface area contributed by atoms with Crippen LogP contribution in [0.3, 0.4) is 0 Å². The third-order valence-electron chi connectivity index (χ3n) is 1.74. The number of fused-ring (bicyclic) bond motifs is 1. The van der Waals surface area contributed by atoms with Crippen molar-refractivity contribution in [1.29, 1.82) is 0 Å². The Morgan fingerprint density at radius 3 is 3.08 bits per heavy atom. The fourth-order valence-corrected chi connectivity index (χ4v) is 1.19. The first-order chi connectivity index (χ1) is 5.92. The molecule has 1 heterocycles. The molecular weight excluding hydrogens is 152 g/mol. The molecule has 1 aromatic heterocycles. The minimum absolute atomic E-state index is 0.771. The van der Waals surface area contributed by atoms with E-state index in [0.717, 1.165) is 16.5 Å². The maximum Gasteiger partial charge on any atom is 0.0762 e. The van der Waals surface area contributed by atoms with Crippen LogP contribution >= 0.6 is 0 Å². The van der Waals surface area contributed by atoms with Gasteiger partial charge in [-0.25, -0.2) is 0 Å².